The molecule has 3 rings (SSSR count). The van der Waals surface area contributed by atoms with Crippen LogP contribution < -0.4 is 4.90 Å². The van der Waals surface area contributed by atoms with Crippen LogP contribution in [0.4, 0.5) is 14.9 Å². The maximum Gasteiger partial charge on any atom is 0.335 e. The van der Waals surface area contributed by atoms with Gasteiger partial charge in [0.05, 0.1) is 12.1 Å². The number of carbonyl (C=O) groups is 2. The second-order valence-corrected chi connectivity index (χ2v) is 7.31. The molecule has 0 bridgehead atoms. The van der Waals surface area contributed by atoms with Gasteiger partial charge >= 0.3 is 12.0 Å². The van der Waals surface area contributed by atoms with Crippen LogP contribution in [0, 0.1) is 5.82 Å². The number of rotatable bonds is 5. The second kappa shape index (κ2) is 9.24. The Labute approximate surface area is 174 Å². The fraction of sp³-hybridized carbons (Fsp3) is 0.333. The minimum Gasteiger partial charge on any atom is -0.478 e. The summed E-state index contributed by atoms with van der Waals surface area (Å²) in [6, 6.07) is 10.3. The average Bonchev–Trinajstić information content (AvgIpc) is 2.73. The number of anilines is 1. The Hall–Kier alpha value is -2.64. The summed E-state index contributed by atoms with van der Waals surface area (Å²) in [5.41, 5.74) is 0.704. The van der Waals surface area contributed by atoms with Gasteiger partial charge in [0.25, 0.3) is 0 Å². The van der Waals surface area contributed by atoms with Gasteiger partial charge in [-0.3, -0.25) is 4.90 Å². The summed E-state index contributed by atoms with van der Waals surface area (Å²) in [5, 5.41) is 9.57. The molecular formula is C21H23ClFN3O3. The lowest BCUT2D eigenvalue weighted by atomic mass is 10.1. The smallest absolute Gasteiger partial charge is 0.335 e. The molecule has 8 heteroatoms. The molecule has 0 atom stereocenters. The summed E-state index contributed by atoms with van der Waals surface area (Å²) in [7, 11) is 0. The lowest BCUT2D eigenvalue weighted by molar-refractivity contribution is 0.0696. The Balaban J connectivity index is 1.87. The largest absolute Gasteiger partial charge is 0.478 e. The first-order valence-electron chi connectivity index (χ1n) is 9.45. The zero-order valence-electron chi connectivity index (χ0n) is 16.1. The van der Waals surface area contributed by atoms with E-state index in [0.29, 0.717) is 23.8 Å². The van der Waals surface area contributed by atoms with Crippen LogP contribution in [0.3, 0.4) is 0 Å². The number of carbonyl (C=O) groups excluding carboxylic acids is 1. The van der Waals surface area contributed by atoms with E-state index in [1.807, 2.05) is 0 Å². The third-order valence-corrected chi connectivity index (χ3v) is 5.34. The number of aromatic carboxylic acids is 1. The van der Waals surface area contributed by atoms with Crippen LogP contribution >= 0.6 is 11.6 Å². The van der Waals surface area contributed by atoms with Gasteiger partial charge in [-0.25, -0.2) is 14.0 Å². The number of amides is 2. The maximum atomic E-state index is 14.5. The molecule has 1 fully saturated rings. The van der Waals surface area contributed by atoms with Crippen molar-refractivity contribution in [1.82, 2.24) is 9.80 Å². The van der Waals surface area contributed by atoms with Gasteiger partial charge in [-0.05, 0) is 42.9 Å². The number of hydrogen-bond acceptors (Lipinski definition) is 3. The number of urea groups is 1. The first kappa shape index (κ1) is 21.1. The van der Waals surface area contributed by atoms with Crippen LogP contribution in [-0.4, -0.2) is 59.6 Å². The van der Waals surface area contributed by atoms with E-state index in [1.165, 1.54) is 17.0 Å². The van der Waals surface area contributed by atoms with Gasteiger partial charge in [-0.1, -0.05) is 24.6 Å². The molecule has 0 radical (unpaired) electrons. The second-order valence-electron chi connectivity index (χ2n) is 6.88. The highest BCUT2D eigenvalue weighted by Crippen LogP contribution is 2.23. The Bertz CT molecular complexity index is 883. The molecule has 2 aromatic rings. The Morgan fingerprint density at radius 1 is 1.10 bits per heavy atom. The third kappa shape index (κ3) is 5.05. The zero-order valence-corrected chi connectivity index (χ0v) is 16.9. The van der Waals surface area contributed by atoms with E-state index in [-0.39, 0.29) is 23.7 Å². The van der Waals surface area contributed by atoms with Gasteiger partial charge in [-0.15, -0.1) is 0 Å². The van der Waals surface area contributed by atoms with Gasteiger partial charge in [0.1, 0.15) is 5.82 Å². The average molecular weight is 420 g/mol. The Morgan fingerprint density at radius 3 is 2.31 bits per heavy atom. The summed E-state index contributed by atoms with van der Waals surface area (Å²) in [4.78, 5) is 29.8. The minimum absolute atomic E-state index is 0.0137. The van der Waals surface area contributed by atoms with E-state index in [9.17, 15) is 14.0 Å². The summed E-state index contributed by atoms with van der Waals surface area (Å²) in [5.74, 6) is -1.86. The number of carboxylic acids is 1. The predicted molar refractivity (Wildman–Crippen MR) is 110 cm³/mol. The number of halogens is 2. The standard InChI is InChI=1S/C21H23ClFN3O3/c1-2-24-9-11-25(12-10-24)21(29)26(18-7-5-17(22)6-8-18)14-16-4-3-15(20(27)28)13-19(16)23/h3-8,13H,2,9-12,14H2,1H3,(H,27,28). The summed E-state index contributed by atoms with van der Waals surface area (Å²) in [6.45, 7) is 5.77. The predicted octanol–water partition coefficient (Wildman–Crippen LogP) is 3.94. The van der Waals surface area contributed by atoms with Gasteiger partial charge in [0.2, 0.25) is 0 Å². The molecule has 29 heavy (non-hydrogen) atoms. The molecule has 1 heterocycles. The number of nitrogens with zero attached hydrogens (tertiary/aromatic N) is 3. The first-order chi connectivity index (χ1) is 13.9. The molecule has 154 valence electrons. The summed E-state index contributed by atoms with van der Waals surface area (Å²) in [6.07, 6.45) is 0. The molecule has 0 saturated carbocycles. The molecule has 1 aliphatic rings. The lowest BCUT2D eigenvalue weighted by Gasteiger charge is -2.37. The van der Waals surface area contributed by atoms with Crippen molar-refractivity contribution in [2.75, 3.05) is 37.6 Å². The van der Waals surface area contributed by atoms with E-state index >= 15 is 0 Å². The van der Waals surface area contributed by atoms with Crippen molar-refractivity contribution >= 4 is 29.3 Å². The lowest BCUT2D eigenvalue weighted by Crippen LogP contribution is -2.52. The topological polar surface area (TPSA) is 64.1 Å². The van der Waals surface area contributed by atoms with Crippen molar-refractivity contribution in [3.8, 4) is 0 Å². The molecule has 0 aliphatic carbocycles. The molecule has 6 nitrogen and oxygen atoms in total. The van der Waals surface area contributed by atoms with Gasteiger partial charge in [0, 0.05) is 42.5 Å². The van der Waals surface area contributed by atoms with E-state index in [0.717, 1.165) is 25.7 Å². The molecule has 1 aliphatic heterocycles. The monoisotopic (exact) mass is 419 g/mol. The van der Waals surface area contributed by atoms with Crippen molar-refractivity contribution in [2.45, 2.75) is 13.5 Å². The van der Waals surface area contributed by atoms with Crippen LogP contribution in [0.15, 0.2) is 42.5 Å². The highest BCUT2D eigenvalue weighted by Gasteiger charge is 2.26. The number of piperazine rings is 1. The van der Waals surface area contributed by atoms with Gasteiger partial charge in [-0.2, -0.15) is 0 Å². The van der Waals surface area contributed by atoms with Crippen molar-refractivity contribution in [3.05, 3.63) is 64.4 Å². The van der Waals surface area contributed by atoms with Crippen molar-refractivity contribution in [3.63, 3.8) is 0 Å². The molecule has 0 spiro atoms. The fourth-order valence-electron chi connectivity index (χ4n) is 3.30. The van der Waals surface area contributed by atoms with Gasteiger partial charge in [0.15, 0.2) is 0 Å². The zero-order chi connectivity index (χ0) is 21.0. The quantitative estimate of drug-likeness (QED) is 0.797. The van der Waals surface area contributed by atoms with Crippen LogP contribution in [0.2, 0.25) is 5.02 Å². The molecule has 1 saturated heterocycles. The van der Waals surface area contributed by atoms with Crippen LogP contribution in [0.25, 0.3) is 0 Å². The normalized spacial score (nSPS) is 14.7. The maximum absolute atomic E-state index is 14.5. The summed E-state index contributed by atoms with van der Waals surface area (Å²) < 4.78 is 14.5. The molecule has 2 aromatic carbocycles. The fourth-order valence-corrected chi connectivity index (χ4v) is 3.42. The van der Waals surface area contributed by atoms with Crippen LogP contribution in [0.1, 0.15) is 22.8 Å². The number of hydrogen-bond donors (Lipinski definition) is 1. The minimum atomic E-state index is -1.20. The van der Waals surface area contributed by atoms with E-state index in [4.69, 9.17) is 16.7 Å². The number of likely N-dealkylation sites (N-methyl/N-ethyl adjacent to an activating group) is 1. The highest BCUT2D eigenvalue weighted by molar-refractivity contribution is 6.30. The number of benzene rings is 2. The molecule has 0 unspecified atom stereocenters. The third-order valence-electron chi connectivity index (χ3n) is 5.09. The Kier molecular flexibility index (Phi) is 6.71. The van der Waals surface area contributed by atoms with Crippen molar-refractivity contribution in [2.24, 2.45) is 0 Å². The molecule has 2 amide bonds. The van der Waals surface area contributed by atoms with Crippen LogP contribution in [0.5, 0.6) is 0 Å². The van der Waals surface area contributed by atoms with Crippen LogP contribution in [-0.2, 0) is 6.54 Å². The number of carboxylic acid groups (broad SMARTS) is 1. The molecular weight excluding hydrogens is 397 g/mol. The first-order valence-corrected chi connectivity index (χ1v) is 9.83. The van der Waals surface area contributed by atoms with E-state index < -0.39 is 11.8 Å². The van der Waals surface area contributed by atoms with Crippen molar-refractivity contribution < 1.29 is 19.1 Å². The van der Waals surface area contributed by atoms with Gasteiger partial charge < -0.3 is 14.9 Å². The molecule has 0 aromatic heterocycles. The van der Waals surface area contributed by atoms with Crippen molar-refractivity contribution in [1.29, 1.82) is 0 Å². The summed E-state index contributed by atoms with van der Waals surface area (Å²) >= 11 is 5.97. The Morgan fingerprint density at radius 2 is 1.76 bits per heavy atom. The van der Waals surface area contributed by atoms with E-state index in [2.05, 4.69) is 11.8 Å². The highest BCUT2D eigenvalue weighted by atomic mass is 35.5. The SMILES string of the molecule is CCN1CCN(C(=O)N(Cc2ccc(C(=O)O)cc2F)c2ccc(Cl)cc2)CC1. The van der Waals surface area contributed by atoms with E-state index in [1.54, 1.807) is 29.2 Å². The molecule has 1 N–H and O–H groups in total.